The summed E-state index contributed by atoms with van der Waals surface area (Å²) < 4.78 is 62.8. The summed E-state index contributed by atoms with van der Waals surface area (Å²) >= 11 is 3.77. The van der Waals surface area contributed by atoms with Gasteiger partial charge in [0.25, 0.3) is 0 Å². The maximum atomic E-state index is 14.6. The average Bonchev–Trinajstić information content (AvgIpc) is 3.08. The van der Waals surface area contributed by atoms with E-state index in [4.69, 9.17) is 20.2 Å². The fourth-order valence-electron chi connectivity index (χ4n) is 5.72. The van der Waals surface area contributed by atoms with Crippen LogP contribution in [-0.2, 0) is 28.5 Å². The summed E-state index contributed by atoms with van der Waals surface area (Å²) in [4.78, 5) is 29.2. The Labute approximate surface area is 315 Å². The summed E-state index contributed by atoms with van der Waals surface area (Å²) in [5, 5.41) is 0. The van der Waals surface area contributed by atoms with E-state index in [0.29, 0.717) is 24.5 Å². The van der Waals surface area contributed by atoms with Crippen molar-refractivity contribution in [1.82, 2.24) is 0 Å². The molecule has 50 heavy (non-hydrogen) atoms. The number of benzene rings is 5. The molecule has 0 saturated heterocycles. The summed E-state index contributed by atoms with van der Waals surface area (Å²) in [6, 6.07) is 26.3. The number of hydrogen-bond donors (Lipinski definition) is 0. The number of hydrogen-bond acceptors (Lipinski definition) is 7. The van der Waals surface area contributed by atoms with Gasteiger partial charge in [-0.3, -0.25) is 0 Å². The fraction of sp³-hybridized carbons (Fsp3) is 0.135. The Hall–Kier alpha value is -3.44. The third kappa shape index (κ3) is 7.59. The van der Waals surface area contributed by atoms with Crippen molar-refractivity contribution >= 4 is 88.5 Å². The number of carbonyl (C=O) groups is 2. The summed E-state index contributed by atoms with van der Waals surface area (Å²) in [6.45, 7) is 0. The molecule has 13 heteroatoms. The molecular formula is C37H30Br3F2O7Sb. The van der Waals surface area contributed by atoms with E-state index in [1.807, 2.05) is 0 Å². The van der Waals surface area contributed by atoms with Gasteiger partial charge in [-0.15, -0.1) is 0 Å². The summed E-state index contributed by atoms with van der Waals surface area (Å²) in [7, 11) is 4.32. The predicted molar refractivity (Wildman–Crippen MR) is 199 cm³/mol. The molecular weight excluding hydrogens is 956 g/mol. The van der Waals surface area contributed by atoms with Crippen LogP contribution in [0.4, 0.5) is 8.78 Å². The Morgan fingerprint density at radius 1 is 0.540 bits per heavy atom. The Bertz CT molecular complexity index is 1880. The molecule has 0 aliphatic carbocycles. The topological polar surface area (TPSA) is 80.3 Å². The minimum atomic E-state index is -6.95. The molecule has 0 N–H and O–H groups in total. The molecule has 0 spiro atoms. The fourth-order valence-corrected chi connectivity index (χ4v) is 23.0. The number of carbonyl (C=O) groups excluding carboxylic acids is 2. The monoisotopic (exact) mass is 982 g/mol. The van der Waals surface area contributed by atoms with Crippen molar-refractivity contribution in [3.63, 3.8) is 0 Å². The van der Waals surface area contributed by atoms with Gasteiger partial charge in [0, 0.05) is 0 Å². The normalized spacial score (nSPS) is 12.0. The quantitative estimate of drug-likeness (QED) is 0.122. The van der Waals surface area contributed by atoms with E-state index in [-0.39, 0.29) is 27.8 Å². The zero-order valence-electron chi connectivity index (χ0n) is 26.9. The van der Waals surface area contributed by atoms with Crippen molar-refractivity contribution in [2.45, 2.75) is 12.8 Å². The van der Waals surface area contributed by atoms with E-state index in [1.54, 1.807) is 66.7 Å². The van der Waals surface area contributed by atoms with Crippen LogP contribution >= 0.6 is 47.8 Å². The van der Waals surface area contributed by atoms with E-state index in [9.17, 15) is 18.4 Å². The van der Waals surface area contributed by atoms with E-state index in [0.717, 1.165) is 0 Å². The molecule has 0 saturated carbocycles. The second-order valence-corrected chi connectivity index (χ2v) is 24.3. The molecule has 0 heterocycles. The van der Waals surface area contributed by atoms with Gasteiger partial charge in [-0.05, 0) is 0 Å². The molecule has 0 unspecified atom stereocenters. The van der Waals surface area contributed by atoms with E-state index in [2.05, 4.69) is 47.8 Å². The molecule has 0 amide bonds. The van der Waals surface area contributed by atoms with Crippen molar-refractivity contribution in [3.05, 3.63) is 139 Å². The van der Waals surface area contributed by atoms with Gasteiger partial charge in [-0.1, -0.05) is 0 Å². The van der Waals surface area contributed by atoms with Crippen LogP contribution in [0, 0.1) is 11.6 Å². The number of ether oxygens (including phenoxy) is 3. The molecule has 5 rings (SSSR count). The van der Waals surface area contributed by atoms with Crippen molar-refractivity contribution in [1.29, 1.82) is 0 Å². The van der Waals surface area contributed by atoms with Gasteiger partial charge in [0.05, 0.1) is 0 Å². The van der Waals surface area contributed by atoms with Crippen LogP contribution in [0.2, 0.25) is 0 Å². The van der Waals surface area contributed by atoms with Gasteiger partial charge in [0.1, 0.15) is 0 Å². The Balaban J connectivity index is 2.00. The first kappa shape index (κ1) is 37.8. The molecule has 0 bridgehead atoms. The Morgan fingerprint density at radius 3 is 1.18 bits per heavy atom. The van der Waals surface area contributed by atoms with Gasteiger partial charge >= 0.3 is 318 Å². The first-order valence-electron chi connectivity index (χ1n) is 14.9. The molecule has 0 aliphatic heterocycles. The Kier molecular flexibility index (Phi) is 12.0. The van der Waals surface area contributed by atoms with Gasteiger partial charge in [-0.25, -0.2) is 0 Å². The van der Waals surface area contributed by atoms with E-state index >= 15 is 0 Å². The molecule has 0 radical (unpaired) electrons. The number of halogens is 5. The molecule has 0 aromatic heterocycles. The van der Waals surface area contributed by atoms with Crippen LogP contribution in [0.3, 0.4) is 0 Å². The van der Waals surface area contributed by atoms with Crippen LogP contribution in [-0.4, -0.2) is 51.5 Å². The first-order valence-corrected chi connectivity index (χ1v) is 23.2. The summed E-state index contributed by atoms with van der Waals surface area (Å²) in [5.41, 5.74) is 0.636. The predicted octanol–water partition coefficient (Wildman–Crippen LogP) is 7.27. The van der Waals surface area contributed by atoms with Crippen molar-refractivity contribution in [2.75, 3.05) is 21.3 Å². The van der Waals surface area contributed by atoms with Crippen molar-refractivity contribution in [2.24, 2.45) is 0 Å². The zero-order chi connectivity index (χ0) is 36.1. The zero-order valence-corrected chi connectivity index (χ0v) is 34.2. The van der Waals surface area contributed by atoms with Crippen LogP contribution in [0.15, 0.2) is 117 Å². The Morgan fingerprint density at radius 2 is 0.880 bits per heavy atom. The van der Waals surface area contributed by atoms with Crippen molar-refractivity contribution < 1.29 is 38.6 Å². The third-order valence-corrected chi connectivity index (χ3v) is 22.9. The first-order chi connectivity index (χ1) is 23.9. The molecule has 260 valence electrons. The van der Waals surface area contributed by atoms with Gasteiger partial charge in [0.15, 0.2) is 0 Å². The van der Waals surface area contributed by atoms with E-state index < -0.39 is 54.7 Å². The second-order valence-electron chi connectivity index (χ2n) is 10.9. The summed E-state index contributed by atoms with van der Waals surface area (Å²) in [5.74, 6) is -2.12. The molecule has 0 aliphatic rings. The molecule has 0 atom stereocenters. The number of rotatable bonds is 12. The maximum absolute atomic E-state index is 14.6. The van der Waals surface area contributed by atoms with Crippen molar-refractivity contribution in [3.8, 4) is 17.2 Å². The molecule has 5 aromatic carbocycles. The molecule has 0 fully saturated rings. The van der Waals surface area contributed by atoms with Gasteiger partial charge < -0.3 is 0 Å². The van der Waals surface area contributed by atoms with Crippen LogP contribution in [0.25, 0.3) is 0 Å². The van der Waals surface area contributed by atoms with Crippen LogP contribution in [0.1, 0.15) is 11.1 Å². The standard InChI is InChI=1S/2C8H7FO2.3C7H6BrO.Sb/c2*9-7-3-1-2-6(4-7)5-8(10)11;3*1-9-7-4-2-6(8)3-5-7;/h2*1-4H,5H2,(H,10,11);3*2-4H,1H3;/q;;;;;+2/p-2. The van der Waals surface area contributed by atoms with Gasteiger partial charge in [-0.2, -0.15) is 0 Å². The van der Waals surface area contributed by atoms with Gasteiger partial charge in [0.2, 0.25) is 0 Å². The summed E-state index contributed by atoms with van der Waals surface area (Å²) in [6.07, 6.45) is -0.798. The second kappa shape index (κ2) is 15.8. The third-order valence-electron chi connectivity index (χ3n) is 7.76. The number of methoxy groups -OCH3 is 3. The SMILES string of the molecule is COc1ccc(Br)c[c]1[Sb]([O]C(=O)Cc1cccc(F)c1)([O]C(=O)Cc1cccc(F)c1)([c]1cc(Br)ccc1OC)[c]1cc(Br)ccc1OC. The van der Waals surface area contributed by atoms with E-state index in [1.165, 1.54) is 57.7 Å². The minimum absolute atomic E-state index is 0.219. The molecule has 7 nitrogen and oxygen atoms in total. The van der Waals surface area contributed by atoms with Crippen LogP contribution in [0.5, 0.6) is 17.2 Å². The average molecular weight is 986 g/mol. The molecule has 5 aromatic rings. The van der Waals surface area contributed by atoms with Crippen LogP contribution < -0.4 is 24.7 Å².